The van der Waals surface area contributed by atoms with Crippen LogP contribution in [0.2, 0.25) is 5.02 Å². The second-order valence-electron chi connectivity index (χ2n) is 6.04. The first-order chi connectivity index (χ1) is 11.9. The maximum Gasteiger partial charge on any atom is 0.407 e. The number of halogens is 1. The highest BCUT2D eigenvalue weighted by molar-refractivity contribution is 6.34. The lowest BCUT2D eigenvalue weighted by Gasteiger charge is -2.27. The number of anilines is 2. The Kier molecular flexibility index (Phi) is 4.55. The molecule has 25 heavy (non-hydrogen) atoms. The van der Waals surface area contributed by atoms with E-state index < -0.39 is 6.09 Å². The number of benzene rings is 2. The number of carboxylic acid groups (broad SMARTS) is 1. The highest BCUT2D eigenvalue weighted by Crippen LogP contribution is 2.30. The van der Waals surface area contributed by atoms with Gasteiger partial charge in [0, 0.05) is 17.9 Å². The molecule has 0 fully saturated rings. The summed E-state index contributed by atoms with van der Waals surface area (Å²) in [5, 5.41) is 9.74. The number of hydrogen-bond donors (Lipinski definition) is 2. The van der Waals surface area contributed by atoms with Crippen LogP contribution in [-0.4, -0.2) is 34.6 Å². The lowest BCUT2D eigenvalue weighted by atomic mass is 10.1. The Labute approximate surface area is 150 Å². The predicted molar refractivity (Wildman–Crippen MR) is 97.0 cm³/mol. The van der Waals surface area contributed by atoms with E-state index in [0.717, 1.165) is 5.56 Å². The van der Waals surface area contributed by atoms with Gasteiger partial charge in [0.2, 0.25) is 0 Å². The quantitative estimate of drug-likeness (QED) is 0.763. The Morgan fingerprint density at radius 2 is 1.96 bits per heavy atom. The third-order valence-electron chi connectivity index (χ3n) is 4.32. The molecule has 2 aromatic rings. The Balaban J connectivity index is 2.05. The number of carbonyl (C=O) groups excluding carboxylic acids is 1. The molecule has 6 nitrogen and oxygen atoms in total. The van der Waals surface area contributed by atoms with Crippen molar-refractivity contribution >= 4 is 35.0 Å². The van der Waals surface area contributed by atoms with Crippen LogP contribution in [0.4, 0.5) is 16.2 Å². The predicted octanol–water partition coefficient (Wildman–Crippen LogP) is 3.45. The third kappa shape index (κ3) is 3.25. The molecule has 0 unspecified atom stereocenters. The summed E-state index contributed by atoms with van der Waals surface area (Å²) in [6.45, 7) is 2.25. The monoisotopic (exact) mass is 359 g/mol. The molecule has 0 radical (unpaired) electrons. The summed E-state index contributed by atoms with van der Waals surface area (Å²) in [6.07, 6.45) is -1.01. The molecule has 0 spiro atoms. The molecule has 2 amide bonds. The third-order valence-corrected chi connectivity index (χ3v) is 4.63. The van der Waals surface area contributed by atoms with Gasteiger partial charge in [-0.3, -0.25) is 9.69 Å². The van der Waals surface area contributed by atoms with E-state index in [2.05, 4.69) is 0 Å². The molecule has 0 aliphatic carbocycles. The van der Waals surface area contributed by atoms with Gasteiger partial charge in [0.15, 0.2) is 0 Å². The van der Waals surface area contributed by atoms with Crippen molar-refractivity contribution in [2.45, 2.75) is 19.5 Å². The zero-order valence-corrected chi connectivity index (χ0v) is 14.4. The number of nitrogens with two attached hydrogens (primary N) is 1. The van der Waals surface area contributed by atoms with Gasteiger partial charge in [-0.2, -0.15) is 0 Å². The van der Waals surface area contributed by atoms with Gasteiger partial charge in [-0.05, 0) is 36.8 Å². The fourth-order valence-corrected chi connectivity index (χ4v) is 3.28. The summed E-state index contributed by atoms with van der Waals surface area (Å²) in [5.41, 5.74) is 7.97. The van der Waals surface area contributed by atoms with E-state index in [1.54, 1.807) is 24.0 Å². The van der Waals surface area contributed by atoms with Crippen molar-refractivity contribution in [3.8, 4) is 0 Å². The van der Waals surface area contributed by atoms with Gasteiger partial charge in [-0.25, -0.2) is 4.79 Å². The standard InChI is InChI=1S/C18H18ClN3O3/c1-11-9-22(17(23)14-7-6-13(20)8-15(14)19)16-5-3-2-4-12(16)10-21(11)18(24)25/h2-8,11H,9-10,20H2,1H3,(H,24,25)/t11-/m1/s1. The molecular weight excluding hydrogens is 342 g/mol. The van der Waals surface area contributed by atoms with Gasteiger partial charge in [0.05, 0.1) is 23.2 Å². The van der Waals surface area contributed by atoms with Gasteiger partial charge in [0.1, 0.15) is 0 Å². The van der Waals surface area contributed by atoms with Gasteiger partial charge in [0.25, 0.3) is 5.91 Å². The zero-order chi connectivity index (χ0) is 18.1. The number of carbonyl (C=O) groups is 2. The number of nitrogens with zero attached hydrogens (tertiary/aromatic N) is 2. The van der Waals surface area contributed by atoms with Crippen LogP contribution < -0.4 is 10.6 Å². The lowest BCUT2D eigenvalue weighted by molar-refractivity contribution is 0.0970. The van der Waals surface area contributed by atoms with Gasteiger partial charge in [-0.15, -0.1) is 0 Å². The maximum atomic E-state index is 13.1. The highest BCUT2D eigenvalue weighted by Gasteiger charge is 2.31. The number of hydrogen-bond acceptors (Lipinski definition) is 3. The SMILES string of the molecule is C[C@@H]1CN(C(=O)c2ccc(N)cc2Cl)c2ccccc2CN1C(=O)O. The molecule has 0 saturated heterocycles. The molecule has 0 aromatic heterocycles. The van der Waals surface area contributed by atoms with Crippen molar-refractivity contribution in [3.63, 3.8) is 0 Å². The van der Waals surface area contributed by atoms with Crippen LogP contribution >= 0.6 is 11.6 Å². The van der Waals surface area contributed by atoms with Gasteiger partial charge >= 0.3 is 6.09 Å². The molecule has 130 valence electrons. The van der Waals surface area contributed by atoms with Crippen LogP contribution in [0.5, 0.6) is 0 Å². The molecular formula is C18H18ClN3O3. The molecule has 1 aliphatic heterocycles. The Morgan fingerprint density at radius 3 is 2.64 bits per heavy atom. The first kappa shape index (κ1) is 17.1. The van der Waals surface area contributed by atoms with Crippen molar-refractivity contribution in [1.82, 2.24) is 4.90 Å². The van der Waals surface area contributed by atoms with Crippen molar-refractivity contribution in [2.24, 2.45) is 0 Å². The molecule has 1 heterocycles. The van der Waals surface area contributed by atoms with E-state index >= 15 is 0 Å². The van der Waals surface area contributed by atoms with Gasteiger partial charge < -0.3 is 15.7 Å². The maximum absolute atomic E-state index is 13.1. The fourth-order valence-electron chi connectivity index (χ4n) is 3.01. The van der Waals surface area contributed by atoms with Crippen LogP contribution in [0, 0.1) is 0 Å². The Hall–Kier alpha value is -2.73. The van der Waals surface area contributed by atoms with E-state index in [1.807, 2.05) is 24.3 Å². The molecule has 7 heteroatoms. The Bertz CT molecular complexity index is 840. The van der Waals surface area contributed by atoms with Crippen molar-refractivity contribution in [3.05, 3.63) is 58.6 Å². The van der Waals surface area contributed by atoms with Gasteiger partial charge in [-0.1, -0.05) is 29.8 Å². The van der Waals surface area contributed by atoms with E-state index in [9.17, 15) is 14.7 Å². The van der Waals surface area contributed by atoms with E-state index in [-0.39, 0.29) is 30.1 Å². The minimum Gasteiger partial charge on any atom is -0.465 e. The van der Waals surface area contributed by atoms with Crippen LogP contribution in [0.15, 0.2) is 42.5 Å². The average Bonchev–Trinajstić information content (AvgIpc) is 2.71. The minimum absolute atomic E-state index is 0.228. The van der Waals surface area contributed by atoms with Crippen LogP contribution in [0.1, 0.15) is 22.8 Å². The van der Waals surface area contributed by atoms with E-state index in [4.69, 9.17) is 17.3 Å². The largest absolute Gasteiger partial charge is 0.465 e. The normalized spacial score (nSPS) is 17.0. The number of rotatable bonds is 1. The molecule has 0 bridgehead atoms. The first-order valence-electron chi connectivity index (χ1n) is 7.83. The topological polar surface area (TPSA) is 86.9 Å². The van der Waals surface area contributed by atoms with Crippen molar-refractivity contribution in [1.29, 1.82) is 0 Å². The molecule has 3 rings (SSSR count). The van der Waals surface area contributed by atoms with E-state index in [0.29, 0.717) is 16.9 Å². The summed E-state index contributed by atoms with van der Waals surface area (Å²) in [5.74, 6) is -0.281. The smallest absolute Gasteiger partial charge is 0.407 e. The molecule has 2 aromatic carbocycles. The second-order valence-corrected chi connectivity index (χ2v) is 6.45. The summed E-state index contributed by atoms with van der Waals surface area (Å²) >= 11 is 6.19. The minimum atomic E-state index is -1.01. The van der Waals surface area contributed by atoms with Crippen LogP contribution in [-0.2, 0) is 6.54 Å². The highest BCUT2D eigenvalue weighted by atomic mass is 35.5. The second kappa shape index (κ2) is 6.64. The van der Waals surface area contributed by atoms with Crippen LogP contribution in [0.25, 0.3) is 0 Å². The lowest BCUT2D eigenvalue weighted by Crippen LogP contribution is -2.44. The number of amides is 2. The van der Waals surface area contributed by atoms with E-state index in [1.165, 1.54) is 11.0 Å². The summed E-state index contributed by atoms with van der Waals surface area (Å²) in [6, 6.07) is 11.7. The van der Waals surface area contributed by atoms with Crippen molar-refractivity contribution in [2.75, 3.05) is 17.2 Å². The average molecular weight is 360 g/mol. The first-order valence-corrected chi connectivity index (χ1v) is 8.20. The summed E-state index contributed by atoms with van der Waals surface area (Å²) in [7, 11) is 0. The number of para-hydroxylation sites is 1. The summed E-state index contributed by atoms with van der Waals surface area (Å²) < 4.78 is 0. The number of fused-ring (bicyclic) bond motifs is 1. The number of nitrogen functional groups attached to an aromatic ring is 1. The summed E-state index contributed by atoms with van der Waals surface area (Å²) in [4.78, 5) is 27.6. The fraction of sp³-hybridized carbons (Fsp3) is 0.222. The van der Waals surface area contributed by atoms with Crippen molar-refractivity contribution < 1.29 is 14.7 Å². The molecule has 1 atom stereocenters. The molecule has 0 saturated carbocycles. The Morgan fingerprint density at radius 1 is 1.24 bits per heavy atom. The van der Waals surface area contributed by atoms with Crippen LogP contribution in [0.3, 0.4) is 0 Å². The molecule has 3 N–H and O–H groups in total. The molecule has 1 aliphatic rings. The zero-order valence-electron chi connectivity index (χ0n) is 13.6.